The minimum absolute atomic E-state index is 0.0972. The highest BCUT2D eigenvalue weighted by atomic mass is 16.5. The van der Waals surface area contributed by atoms with E-state index < -0.39 is 0 Å². The number of likely N-dealkylation sites (tertiary alicyclic amines) is 1. The van der Waals surface area contributed by atoms with Crippen LogP contribution in [0.25, 0.3) is 11.1 Å². The van der Waals surface area contributed by atoms with Gasteiger partial charge in [-0.25, -0.2) is 4.98 Å². The summed E-state index contributed by atoms with van der Waals surface area (Å²) in [6.07, 6.45) is 0.194. The van der Waals surface area contributed by atoms with Crippen molar-refractivity contribution in [2.75, 3.05) is 33.0 Å². The summed E-state index contributed by atoms with van der Waals surface area (Å²) in [5, 5.41) is 0. The lowest BCUT2D eigenvalue weighted by Gasteiger charge is -2.13. The van der Waals surface area contributed by atoms with Gasteiger partial charge in [-0.3, -0.25) is 4.90 Å². The molecule has 0 aliphatic carbocycles. The number of hydrogen-bond donors (Lipinski definition) is 1. The van der Waals surface area contributed by atoms with Crippen LogP contribution in [0.1, 0.15) is 5.89 Å². The molecule has 0 bridgehead atoms. The van der Waals surface area contributed by atoms with E-state index >= 15 is 0 Å². The number of rotatable bonds is 4. The number of anilines is 1. The van der Waals surface area contributed by atoms with E-state index in [2.05, 4.69) is 9.88 Å². The highest BCUT2D eigenvalue weighted by Gasteiger charge is 2.33. The molecule has 108 valence electrons. The van der Waals surface area contributed by atoms with E-state index in [4.69, 9.17) is 19.6 Å². The van der Waals surface area contributed by atoms with Gasteiger partial charge in [0.1, 0.15) is 5.52 Å². The topological polar surface area (TPSA) is 73.8 Å². The van der Waals surface area contributed by atoms with Crippen molar-refractivity contribution in [1.82, 2.24) is 9.88 Å². The maximum Gasteiger partial charge on any atom is 0.209 e. The first kappa shape index (κ1) is 13.4. The lowest BCUT2D eigenvalue weighted by molar-refractivity contribution is -0.00461. The van der Waals surface area contributed by atoms with Crippen LogP contribution in [0.15, 0.2) is 22.6 Å². The van der Waals surface area contributed by atoms with E-state index in [1.54, 1.807) is 14.2 Å². The smallest absolute Gasteiger partial charge is 0.209 e. The first-order valence-corrected chi connectivity index (χ1v) is 6.62. The summed E-state index contributed by atoms with van der Waals surface area (Å²) in [6.45, 7) is 2.28. The summed E-state index contributed by atoms with van der Waals surface area (Å²) in [7, 11) is 3.42. The van der Waals surface area contributed by atoms with E-state index in [0.717, 1.165) is 24.2 Å². The van der Waals surface area contributed by atoms with Gasteiger partial charge in [0.05, 0.1) is 18.8 Å². The second-order valence-corrected chi connectivity index (χ2v) is 5.08. The van der Waals surface area contributed by atoms with Crippen LogP contribution in [0.4, 0.5) is 5.69 Å². The molecule has 1 aliphatic rings. The molecule has 1 aromatic carbocycles. The molecule has 6 nitrogen and oxygen atoms in total. The fourth-order valence-corrected chi connectivity index (χ4v) is 2.65. The van der Waals surface area contributed by atoms with E-state index in [-0.39, 0.29) is 12.2 Å². The Labute approximate surface area is 117 Å². The predicted molar refractivity (Wildman–Crippen MR) is 75.3 cm³/mol. The van der Waals surface area contributed by atoms with Crippen molar-refractivity contribution in [3.8, 4) is 0 Å². The van der Waals surface area contributed by atoms with Crippen molar-refractivity contribution in [1.29, 1.82) is 0 Å². The maximum atomic E-state index is 5.74. The van der Waals surface area contributed by atoms with Crippen LogP contribution in [-0.4, -0.2) is 49.4 Å². The molecule has 1 aliphatic heterocycles. The number of benzene rings is 1. The monoisotopic (exact) mass is 277 g/mol. The molecule has 1 fully saturated rings. The van der Waals surface area contributed by atoms with E-state index in [0.29, 0.717) is 18.1 Å². The summed E-state index contributed by atoms with van der Waals surface area (Å²) >= 11 is 0. The van der Waals surface area contributed by atoms with Crippen molar-refractivity contribution >= 4 is 16.8 Å². The number of oxazole rings is 1. The molecule has 0 spiro atoms. The zero-order chi connectivity index (χ0) is 14.1. The third-order valence-electron chi connectivity index (χ3n) is 3.71. The second kappa shape index (κ2) is 5.40. The molecule has 3 rings (SSSR count). The molecule has 2 aromatic rings. The van der Waals surface area contributed by atoms with Crippen LogP contribution < -0.4 is 5.73 Å². The Bertz CT molecular complexity index is 586. The van der Waals surface area contributed by atoms with Crippen LogP contribution in [-0.2, 0) is 16.0 Å². The summed E-state index contributed by atoms with van der Waals surface area (Å²) in [4.78, 5) is 6.69. The normalized spacial score (nSPS) is 23.7. The van der Waals surface area contributed by atoms with Gasteiger partial charge < -0.3 is 19.6 Å². The predicted octanol–water partition coefficient (Wildman–Crippen LogP) is 1.26. The molecule has 1 saturated heterocycles. The first-order valence-electron chi connectivity index (χ1n) is 6.62. The van der Waals surface area contributed by atoms with Gasteiger partial charge in [0.25, 0.3) is 0 Å². The van der Waals surface area contributed by atoms with Gasteiger partial charge in [-0.05, 0) is 18.2 Å². The van der Waals surface area contributed by atoms with E-state index in [1.165, 1.54) is 0 Å². The fourth-order valence-electron chi connectivity index (χ4n) is 2.65. The highest BCUT2D eigenvalue weighted by molar-refractivity contribution is 5.76. The van der Waals surface area contributed by atoms with Crippen molar-refractivity contribution in [2.45, 2.75) is 18.8 Å². The minimum atomic E-state index is 0.0972. The van der Waals surface area contributed by atoms with Gasteiger partial charge in [-0.1, -0.05) is 0 Å². The number of nitrogen functional groups attached to an aromatic ring is 1. The standard InChI is InChI=1S/C14H19N3O3/c1-18-12-6-17(7-13(12)19-2)8-14-16-10-5-9(15)3-4-11(10)20-14/h3-5,12-13H,6-8,15H2,1-2H3. The molecule has 0 saturated carbocycles. The van der Waals surface area contributed by atoms with E-state index in [1.807, 2.05) is 18.2 Å². The number of nitrogens with zero attached hydrogens (tertiary/aromatic N) is 2. The van der Waals surface area contributed by atoms with Crippen LogP contribution in [0.3, 0.4) is 0 Å². The summed E-state index contributed by atoms with van der Waals surface area (Å²) in [6, 6.07) is 5.48. The summed E-state index contributed by atoms with van der Waals surface area (Å²) in [5.74, 6) is 0.692. The molecule has 6 heteroatoms. The maximum absolute atomic E-state index is 5.74. The largest absolute Gasteiger partial charge is 0.439 e. The number of nitrogens with two attached hydrogens (primary N) is 1. The third kappa shape index (κ3) is 2.49. The zero-order valence-corrected chi connectivity index (χ0v) is 11.7. The lowest BCUT2D eigenvalue weighted by atomic mass is 10.3. The third-order valence-corrected chi connectivity index (χ3v) is 3.71. The average Bonchev–Trinajstić information content (AvgIpc) is 3.01. The average molecular weight is 277 g/mol. The number of aromatic nitrogens is 1. The van der Waals surface area contributed by atoms with Crippen molar-refractivity contribution < 1.29 is 13.9 Å². The molecule has 0 radical (unpaired) electrons. The van der Waals surface area contributed by atoms with Gasteiger partial charge >= 0.3 is 0 Å². The molecule has 2 heterocycles. The molecule has 1 aromatic heterocycles. The summed E-state index contributed by atoms with van der Waals surface area (Å²) < 4.78 is 16.6. The molecule has 2 unspecified atom stereocenters. The Balaban J connectivity index is 1.73. The molecule has 2 atom stereocenters. The van der Waals surface area contributed by atoms with Crippen molar-refractivity contribution in [2.24, 2.45) is 0 Å². The van der Waals surface area contributed by atoms with Crippen molar-refractivity contribution in [3.63, 3.8) is 0 Å². The van der Waals surface area contributed by atoms with Gasteiger partial charge in [-0.15, -0.1) is 0 Å². The fraction of sp³-hybridized carbons (Fsp3) is 0.500. The number of hydrogen-bond acceptors (Lipinski definition) is 6. The molecule has 20 heavy (non-hydrogen) atoms. The van der Waals surface area contributed by atoms with Gasteiger partial charge in [0.15, 0.2) is 5.58 Å². The highest BCUT2D eigenvalue weighted by Crippen LogP contribution is 2.22. The Morgan fingerprint density at radius 2 is 2.00 bits per heavy atom. The molecule has 2 N–H and O–H groups in total. The SMILES string of the molecule is COC1CN(Cc2nc3cc(N)ccc3o2)CC1OC. The summed E-state index contributed by atoms with van der Waals surface area (Å²) in [5.41, 5.74) is 8.00. The molecular weight excluding hydrogens is 258 g/mol. The Hall–Kier alpha value is -1.63. The molecular formula is C14H19N3O3. The zero-order valence-electron chi connectivity index (χ0n) is 11.7. The lowest BCUT2D eigenvalue weighted by Crippen LogP contribution is -2.27. The Morgan fingerprint density at radius 1 is 1.30 bits per heavy atom. The van der Waals surface area contributed by atoms with Gasteiger partial charge in [-0.2, -0.15) is 0 Å². The minimum Gasteiger partial charge on any atom is -0.439 e. The number of fused-ring (bicyclic) bond motifs is 1. The quantitative estimate of drug-likeness (QED) is 0.848. The number of ether oxygens (including phenoxy) is 2. The Kier molecular flexibility index (Phi) is 3.60. The van der Waals surface area contributed by atoms with Crippen molar-refractivity contribution in [3.05, 3.63) is 24.1 Å². The first-order chi connectivity index (χ1) is 9.69. The molecule has 0 amide bonds. The van der Waals surface area contributed by atoms with E-state index in [9.17, 15) is 0 Å². The van der Waals surface area contributed by atoms with Crippen LogP contribution in [0, 0.1) is 0 Å². The van der Waals surface area contributed by atoms with Gasteiger partial charge in [0, 0.05) is 33.0 Å². The Morgan fingerprint density at radius 3 is 2.65 bits per heavy atom. The van der Waals surface area contributed by atoms with Crippen LogP contribution in [0.2, 0.25) is 0 Å². The van der Waals surface area contributed by atoms with Gasteiger partial charge in [0.2, 0.25) is 5.89 Å². The van der Waals surface area contributed by atoms with Crippen LogP contribution in [0.5, 0.6) is 0 Å². The van der Waals surface area contributed by atoms with Crippen LogP contribution >= 0.6 is 0 Å². The second-order valence-electron chi connectivity index (χ2n) is 5.08. The number of methoxy groups -OCH3 is 2.